The lowest BCUT2D eigenvalue weighted by molar-refractivity contribution is -0.145. The smallest absolute Gasteiger partial charge is 0.306 e. The number of hydrogen-bond acceptors (Lipinski definition) is 1. The highest BCUT2D eigenvalue weighted by atomic mass is 16.4. The van der Waals surface area contributed by atoms with E-state index in [0.717, 1.165) is 12.8 Å². The maximum atomic E-state index is 10.2. The fourth-order valence-corrected chi connectivity index (χ4v) is 1.06. The van der Waals surface area contributed by atoms with Crippen molar-refractivity contribution in [1.29, 1.82) is 0 Å². The predicted molar refractivity (Wildman–Crippen MR) is 34.0 cm³/mol. The lowest BCUT2D eigenvalue weighted by atomic mass is 9.75. The topological polar surface area (TPSA) is 37.3 Å². The molecule has 0 amide bonds. The van der Waals surface area contributed by atoms with E-state index in [4.69, 9.17) is 5.11 Å². The molecular formula is C7H10O2. The molecule has 0 aromatic rings. The molecule has 0 unspecified atom stereocenters. The van der Waals surface area contributed by atoms with Gasteiger partial charge in [0, 0.05) is 0 Å². The monoisotopic (exact) mass is 126 g/mol. The van der Waals surface area contributed by atoms with Gasteiger partial charge < -0.3 is 5.11 Å². The molecule has 1 N–H and O–H groups in total. The Morgan fingerprint density at radius 1 is 1.67 bits per heavy atom. The summed E-state index contributed by atoms with van der Waals surface area (Å²) in [7, 11) is 0. The summed E-state index contributed by atoms with van der Waals surface area (Å²) < 4.78 is 0. The molecule has 1 rings (SSSR count). The van der Waals surface area contributed by atoms with Crippen LogP contribution in [0, 0.1) is 11.8 Å². The summed E-state index contributed by atoms with van der Waals surface area (Å²) in [6, 6.07) is 0. The number of hydrogen-bond donors (Lipinski definition) is 1. The average molecular weight is 126 g/mol. The van der Waals surface area contributed by atoms with Crippen LogP contribution in [-0.2, 0) is 4.79 Å². The van der Waals surface area contributed by atoms with Gasteiger partial charge >= 0.3 is 5.97 Å². The number of rotatable bonds is 2. The molecule has 0 aliphatic heterocycles. The van der Waals surface area contributed by atoms with E-state index in [1.807, 2.05) is 6.08 Å². The van der Waals surface area contributed by atoms with E-state index in [1.165, 1.54) is 0 Å². The fraction of sp³-hybridized carbons (Fsp3) is 0.571. The van der Waals surface area contributed by atoms with E-state index in [1.54, 1.807) is 0 Å². The van der Waals surface area contributed by atoms with Crippen molar-refractivity contribution >= 4 is 5.97 Å². The van der Waals surface area contributed by atoms with Crippen LogP contribution in [-0.4, -0.2) is 11.1 Å². The minimum Gasteiger partial charge on any atom is -0.481 e. The van der Waals surface area contributed by atoms with Crippen molar-refractivity contribution in [2.24, 2.45) is 11.8 Å². The molecule has 0 heterocycles. The fourth-order valence-electron chi connectivity index (χ4n) is 1.06. The largest absolute Gasteiger partial charge is 0.481 e. The van der Waals surface area contributed by atoms with Gasteiger partial charge in [-0.15, -0.1) is 6.58 Å². The van der Waals surface area contributed by atoms with E-state index < -0.39 is 5.97 Å². The Balaban J connectivity index is 2.26. The summed E-state index contributed by atoms with van der Waals surface area (Å²) in [4.78, 5) is 10.2. The van der Waals surface area contributed by atoms with Gasteiger partial charge in [-0.1, -0.05) is 6.08 Å². The first-order valence-electron chi connectivity index (χ1n) is 3.09. The van der Waals surface area contributed by atoms with Crippen LogP contribution in [0.5, 0.6) is 0 Å². The molecule has 1 saturated carbocycles. The molecule has 9 heavy (non-hydrogen) atoms. The minimum absolute atomic E-state index is 0.0898. The van der Waals surface area contributed by atoms with Crippen LogP contribution >= 0.6 is 0 Å². The summed E-state index contributed by atoms with van der Waals surface area (Å²) in [5, 5.41) is 8.41. The highest BCUT2D eigenvalue weighted by Gasteiger charge is 2.31. The molecule has 50 valence electrons. The summed E-state index contributed by atoms with van der Waals surface area (Å²) in [5.74, 6) is -0.285. The van der Waals surface area contributed by atoms with Crippen LogP contribution in [0.3, 0.4) is 0 Å². The van der Waals surface area contributed by atoms with E-state index in [0.29, 0.717) is 5.92 Å². The minimum atomic E-state index is -0.659. The Morgan fingerprint density at radius 2 is 2.22 bits per heavy atom. The number of aliphatic carboxylic acids is 1. The van der Waals surface area contributed by atoms with E-state index in [9.17, 15) is 4.79 Å². The molecule has 0 atom stereocenters. The van der Waals surface area contributed by atoms with E-state index >= 15 is 0 Å². The van der Waals surface area contributed by atoms with Crippen molar-refractivity contribution in [2.45, 2.75) is 12.8 Å². The Morgan fingerprint density at radius 3 is 2.56 bits per heavy atom. The molecule has 0 saturated heterocycles. The third kappa shape index (κ3) is 1.12. The van der Waals surface area contributed by atoms with Gasteiger partial charge in [0.2, 0.25) is 0 Å². The number of carboxylic acids is 1. The average Bonchev–Trinajstić information content (AvgIpc) is 1.61. The van der Waals surface area contributed by atoms with Gasteiger partial charge in [0.1, 0.15) is 0 Å². The zero-order valence-electron chi connectivity index (χ0n) is 5.21. The van der Waals surface area contributed by atoms with Crippen LogP contribution in [0.4, 0.5) is 0 Å². The molecule has 0 aromatic carbocycles. The van der Waals surface area contributed by atoms with E-state index in [2.05, 4.69) is 6.58 Å². The quantitative estimate of drug-likeness (QED) is 0.566. The number of allylic oxidation sites excluding steroid dienone is 1. The summed E-state index contributed by atoms with van der Waals surface area (Å²) in [5.41, 5.74) is 0. The Labute approximate surface area is 54.2 Å². The van der Waals surface area contributed by atoms with Crippen LogP contribution < -0.4 is 0 Å². The molecule has 0 radical (unpaired) electrons. The van der Waals surface area contributed by atoms with Crippen molar-refractivity contribution in [3.63, 3.8) is 0 Å². The highest BCUT2D eigenvalue weighted by molar-refractivity contribution is 5.71. The third-order valence-corrected chi connectivity index (χ3v) is 1.86. The Hall–Kier alpha value is -0.790. The van der Waals surface area contributed by atoms with E-state index in [-0.39, 0.29) is 5.92 Å². The first kappa shape index (κ1) is 6.33. The van der Waals surface area contributed by atoms with Crippen molar-refractivity contribution in [2.75, 3.05) is 0 Å². The number of carbonyl (C=O) groups is 1. The van der Waals surface area contributed by atoms with Crippen LogP contribution in [0.1, 0.15) is 12.8 Å². The Kier molecular flexibility index (Phi) is 1.56. The molecule has 1 aliphatic carbocycles. The lowest BCUT2D eigenvalue weighted by Gasteiger charge is -2.29. The molecule has 0 spiro atoms. The van der Waals surface area contributed by atoms with Gasteiger partial charge in [-0.25, -0.2) is 0 Å². The van der Waals surface area contributed by atoms with Crippen molar-refractivity contribution in [3.8, 4) is 0 Å². The summed E-state index contributed by atoms with van der Waals surface area (Å²) >= 11 is 0. The van der Waals surface area contributed by atoms with Gasteiger partial charge in [-0.3, -0.25) is 4.79 Å². The lowest BCUT2D eigenvalue weighted by Crippen LogP contribution is -2.28. The molecular weight excluding hydrogens is 116 g/mol. The SMILES string of the molecule is C=CC1CC(C(=O)O)C1. The maximum absolute atomic E-state index is 10.2. The standard InChI is InChI=1S/C7H10O2/c1-2-5-3-6(4-5)7(8)9/h2,5-6H,1,3-4H2,(H,8,9). The molecule has 1 fully saturated rings. The molecule has 2 nitrogen and oxygen atoms in total. The zero-order chi connectivity index (χ0) is 6.85. The first-order valence-corrected chi connectivity index (χ1v) is 3.09. The first-order chi connectivity index (χ1) is 4.24. The maximum Gasteiger partial charge on any atom is 0.306 e. The second-order valence-electron chi connectivity index (χ2n) is 2.50. The second kappa shape index (κ2) is 2.21. The molecule has 0 aromatic heterocycles. The second-order valence-corrected chi connectivity index (χ2v) is 2.50. The number of carboxylic acid groups (broad SMARTS) is 1. The zero-order valence-corrected chi connectivity index (χ0v) is 5.21. The van der Waals surface area contributed by atoms with Crippen molar-refractivity contribution in [1.82, 2.24) is 0 Å². The van der Waals surface area contributed by atoms with Gasteiger partial charge in [0.25, 0.3) is 0 Å². The van der Waals surface area contributed by atoms with Gasteiger partial charge in [0.15, 0.2) is 0 Å². The van der Waals surface area contributed by atoms with Crippen molar-refractivity contribution < 1.29 is 9.90 Å². The van der Waals surface area contributed by atoms with Crippen LogP contribution in [0.2, 0.25) is 0 Å². The van der Waals surface area contributed by atoms with Gasteiger partial charge in [0.05, 0.1) is 5.92 Å². The molecule has 2 heteroatoms. The van der Waals surface area contributed by atoms with Gasteiger partial charge in [-0.2, -0.15) is 0 Å². The van der Waals surface area contributed by atoms with Crippen LogP contribution in [0.25, 0.3) is 0 Å². The highest BCUT2D eigenvalue weighted by Crippen LogP contribution is 2.34. The van der Waals surface area contributed by atoms with Gasteiger partial charge in [-0.05, 0) is 18.8 Å². The van der Waals surface area contributed by atoms with Crippen LogP contribution in [0.15, 0.2) is 12.7 Å². The molecule has 0 bridgehead atoms. The predicted octanol–water partition coefficient (Wildman–Crippen LogP) is 1.28. The normalized spacial score (nSPS) is 32.9. The summed E-state index contributed by atoms with van der Waals surface area (Å²) in [6.45, 7) is 3.58. The van der Waals surface area contributed by atoms with Crippen molar-refractivity contribution in [3.05, 3.63) is 12.7 Å². The molecule has 1 aliphatic rings. The summed E-state index contributed by atoms with van der Waals surface area (Å²) in [6.07, 6.45) is 3.41. The Bertz CT molecular complexity index is 134. The third-order valence-electron chi connectivity index (χ3n) is 1.86.